The minimum atomic E-state index is -0.344. The van der Waals surface area contributed by atoms with Gasteiger partial charge in [-0.2, -0.15) is 5.10 Å². The molecule has 0 atom stereocenters. The van der Waals surface area contributed by atoms with E-state index in [4.69, 9.17) is 4.74 Å². The van der Waals surface area contributed by atoms with Crippen LogP contribution in [0.4, 0.5) is 5.69 Å². The van der Waals surface area contributed by atoms with Crippen molar-refractivity contribution >= 4 is 17.6 Å². The summed E-state index contributed by atoms with van der Waals surface area (Å²) in [5.74, 6) is -0.00555. The van der Waals surface area contributed by atoms with Crippen molar-refractivity contribution in [3.05, 3.63) is 41.7 Å². The molecule has 6 nitrogen and oxygen atoms in total. The smallest absolute Gasteiger partial charge is 0.306 e. The Morgan fingerprint density at radius 2 is 1.89 bits per heavy atom. The Morgan fingerprint density at radius 3 is 2.59 bits per heavy atom. The van der Waals surface area contributed by atoms with Crippen molar-refractivity contribution in [2.45, 2.75) is 52.4 Å². The fourth-order valence-corrected chi connectivity index (χ4v) is 3.66. The molecule has 0 saturated heterocycles. The Hall–Kier alpha value is -2.63. The van der Waals surface area contributed by atoms with Crippen LogP contribution in [-0.2, 0) is 14.3 Å². The van der Waals surface area contributed by atoms with Crippen LogP contribution in [0, 0.1) is 19.8 Å². The van der Waals surface area contributed by atoms with Crippen LogP contribution in [-0.4, -0.2) is 28.3 Å². The molecule has 2 aromatic rings. The summed E-state index contributed by atoms with van der Waals surface area (Å²) in [6.07, 6.45) is 6.19. The van der Waals surface area contributed by atoms with Gasteiger partial charge in [0.25, 0.3) is 5.91 Å². The summed E-state index contributed by atoms with van der Waals surface area (Å²) in [5.41, 5.74) is 3.14. The average Bonchev–Trinajstić information content (AvgIpc) is 3.29. The predicted molar refractivity (Wildman–Crippen MR) is 104 cm³/mol. The van der Waals surface area contributed by atoms with Crippen molar-refractivity contribution in [1.82, 2.24) is 9.78 Å². The van der Waals surface area contributed by atoms with Gasteiger partial charge < -0.3 is 10.1 Å². The van der Waals surface area contributed by atoms with E-state index in [1.807, 2.05) is 44.2 Å². The van der Waals surface area contributed by atoms with Crippen molar-refractivity contribution in [1.29, 1.82) is 0 Å². The number of hydrogen-bond donors (Lipinski definition) is 1. The lowest BCUT2D eigenvalue weighted by molar-refractivity contribution is -0.147. The molecule has 0 bridgehead atoms. The second-order valence-electron chi connectivity index (χ2n) is 7.19. The maximum absolute atomic E-state index is 12.2. The second-order valence-corrected chi connectivity index (χ2v) is 7.19. The number of esters is 1. The van der Waals surface area contributed by atoms with E-state index in [2.05, 4.69) is 10.4 Å². The Balaban J connectivity index is 1.52. The van der Waals surface area contributed by atoms with E-state index in [0.717, 1.165) is 23.5 Å². The molecule has 0 radical (unpaired) electrons. The van der Waals surface area contributed by atoms with E-state index >= 15 is 0 Å². The fraction of sp³-hybridized carbons (Fsp3) is 0.476. The number of aromatic nitrogens is 2. The topological polar surface area (TPSA) is 73.2 Å². The third kappa shape index (κ3) is 4.96. The SMILES string of the molecule is Cc1nn(-c2ccccc2)c(C)c1NC(=O)COC(=O)CCC1CCCC1. The highest BCUT2D eigenvalue weighted by molar-refractivity contribution is 5.93. The van der Waals surface area contributed by atoms with Crippen molar-refractivity contribution in [3.63, 3.8) is 0 Å². The van der Waals surface area contributed by atoms with Gasteiger partial charge in [-0.05, 0) is 38.3 Å². The Kier molecular flexibility index (Phi) is 6.27. The first-order valence-electron chi connectivity index (χ1n) is 9.61. The predicted octanol–water partition coefficient (Wildman–Crippen LogP) is 3.94. The molecule has 0 spiro atoms. The van der Waals surface area contributed by atoms with Crippen LogP contribution in [0.3, 0.4) is 0 Å². The highest BCUT2D eigenvalue weighted by Crippen LogP contribution is 2.28. The summed E-state index contributed by atoms with van der Waals surface area (Å²) >= 11 is 0. The maximum atomic E-state index is 12.2. The first-order chi connectivity index (χ1) is 13.0. The molecule has 0 aliphatic heterocycles. The molecule has 0 unspecified atom stereocenters. The minimum absolute atomic E-state index is 0.265. The molecule has 1 aliphatic rings. The van der Waals surface area contributed by atoms with Crippen molar-refractivity contribution in [3.8, 4) is 5.69 Å². The highest BCUT2D eigenvalue weighted by Gasteiger charge is 2.18. The molecule has 1 heterocycles. The van der Waals surface area contributed by atoms with E-state index in [1.165, 1.54) is 25.7 Å². The summed E-state index contributed by atoms with van der Waals surface area (Å²) in [5, 5.41) is 7.32. The monoisotopic (exact) mass is 369 g/mol. The molecule has 144 valence electrons. The lowest BCUT2D eigenvalue weighted by Crippen LogP contribution is -2.21. The minimum Gasteiger partial charge on any atom is -0.456 e. The van der Waals surface area contributed by atoms with E-state index in [9.17, 15) is 9.59 Å². The molecule has 1 aliphatic carbocycles. The van der Waals surface area contributed by atoms with Crippen LogP contribution in [0.15, 0.2) is 30.3 Å². The maximum Gasteiger partial charge on any atom is 0.306 e. The molecule has 1 N–H and O–H groups in total. The van der Waals surface area contributed by atoms with Crippen molar-refractivity contribution in [2.75, 3.05) is 11.9 Å². The van der Waals surface area contributed by atoms with Crippen LogP contribution < -0.4 is 5.32 Å². The van der Waals surface area contributed by atoms with Crippen LogP contribution in [0.5, 0.6) is 0 Å². The number of hydrogen-bond acceptors (Lipinski definition) is 4. The molecular formula is C21H27N3O3. The van der Waals surface area contributed by atoms with Gasteiger partial charge in [0.2, 0.25) is 0 Å². The largest absolute Gasteiger partial charge is 0.456 e. The number of benzene rings is 1. The number of nitrogens with one attached hydrogen (secondary N) is 1. The lowest BCUT2D eigenvalue weighted by atomic mass is 10.0. The molecule has 1 fully saturated rings. The molecule has 1 aromatic carbocycles. The first kappa shape index (κ1) is 19.1. The van der Waals surface area contributed by atoms with Crippen molar-refractivity contribution in [2.24, 2.45) is 5.92 Å². The van der Waals surface area contributed by atoms with Gasteiger partial charge in [-0.25, -0.2) is 4.68 Å². The lowest BCUT2D eigenvalue weighted by Gasteiger charge is -2.09. The van der Waals surface area contributed by atoms with Gasteiger partial charge in [0.1, 0.15) is 0 Å². The van der Waals surface area contributed by atoms with Crippen LogP contribution in [0.1, 0.15) is 49.9 Å². The van der Waals surface area contributed by atoms with E-state index in [-0.39, 0.29) is 18.5 Å². The third-order valence-electron chi connectivity index (χ3n) is 5.15. The zero-order valence-corrected chi connectivity index (χ0v) is 16.0. The van der Waals surface area contributed by atoms with Crippen LogP contribution in [0.25, 0.3) is 5.69 Å². The van der Waals surface area contributed by atoms with Crippen LogP contribution >= 0.6 is 0 Å². The molecule has 6 heteroatoms. The molecule has 1 saturated carbocycles. The number of aryl methyl sites for hydroxylation is 1. The Morgan fingerprint density at radius 1 is 1.19 bits per heavy atom. The number of ether oxygens (including phenoxy) is 1. The zero-order chi connectivity index (χ0) is 19.2. The molecular weight excluding hydrogens is 342 g/mol. The second kappa shape index (κ2) is 8.84. The fourth-order valence-electron chi connectivity index (χ4n) is 3.66. The molecule has 3 rings (SSSR count). The number of carbonyl (C=O) groups excluding carboxylic acids is 2. The molecule has 27 heavy (non-hydrogen) atoms. The van der Waals surface area contributed by atoms with Gasteiger partial charge in [0.05, 0.1) is 22.8 Å². The van der Waals surface area contributed by atoms with Crippen molar-refractivity contribution < 1.29 is 14.3 Å². The number of anilines is 1. The highest BCUT2D eigenvalue weighted by atomic mass is 16.5. The van der Waals surface area contributed by atoms with E-state index < -0.39 is 0 Å². The normalized spacial score (nSPS) is 14.3. The quantitative estimate of drug-likeness (QED) is 0.750. The van der Waals surface area contributed by atoms with Gasteiger partial charge in [-0.1, -0.05) is 43.9 Å². The Labute approximate surface area is 159 Å². The van der Waals surface area contributed by atoms with Gasteiger partial charge in [0, 0.05) is 6.42 Å². The number of rotatable bonds is 7. The molecule has 1 aromatic heterocycles. The third-order valence-corrected chi connectivity index (χ3v) is 5.15. The summed E-state index contributed by atoms with van der Waals surface area (Å²) < 4.78 is 6.92. The standard InChI is InChI=1S/C21H27N3O3/c1-15-21(16(2)24(23-15)18-10-4-3-5-11-18)22-19(25)14-27-20(26)13-12-17-8-6-7-9-17/h3-5,10-11,17H,6-9,12-14H2,1-2H3,(H,22,25). The number of nitrogens with zero attached hydrogens (tertiary/aromatic N) is 2. The van der Waals surface area contributed by atoms with E-state index in [1.54, 1.807) is 4.68 Å². The number of para-hydroxylation sites is 1. The van der Waals surface area contributed by atoms with Gasteiger partial charge in [-0.3, -0.25) is 9.59 Å². The van der Waals surface area contributed by atoms with Crippen LogP contribution in [0.2, 0.25) is 0 Å². The first-order valence-corrected chi connectivity index (χ1v) is 9.61. The van der Waals surface area contributed by atoms with Gasteiger partial charge >= 0.3 is 5.97 Å². The van der Waals surface area contributed by atoms with Gasteiger partial charge in [-0.15, -0.1) is 0 Å². The number of amides is 1. The Bertz CT molecular complexity index is 793. The summed E-state index contributed by atoms with van der Waals surface area (Å²) in [6, 6.07) is 9.73. The molecule has 1 amide bonds. The summed E-state index contributed by atoms with van der Waals surface area (Å²) in [4.78, 5) is 24.1. The van der Waals surface area contributed by atoms with E-state index in [0.29, 0.717) is 18.0 Å². The summed E-state index contributed by atoms with van der Waals surface area (Å²) in [7, 11) is 0. The zero-order valence-electron chi connectivity index (χ0n) is 16.0. The summed E-state index contributed by atoms with van der Waals surface area (Å²) in [6.45, 7) is 3.48. The average molecular weight is 369 g/mol. The van der Waals surface area contributed by atoms with Gasteiger partial charge in [0.15, 0.2) is 6.61 Å². The number of carbonyl (C=O) groups is 2.